The molecule has 14 nitrogen and oxygen atoms in total. The van der Waals surface area contributed by atoms with Gasteiger partial charge < -0.3 is 47.6 Å². The number of hydrogen-bond donors (Lipinski definition) is 9. The molecule has 39 heavy (non-hydrogen) atoms. The van der Waals surface area contributed by atoms with Crippen molar-refractivity contribution in [2.45, 2.75) is 89.4 Å². The smallest absolute Gasteiger partial charge is 0.356 e. The van der Waals surface area contributed by atoms with Gasteiger partial charge in [0.2, 0.25) is 23.6 Å². The lowest BCUT2D eigenvalue weighted by atomic mass is 10.2. The fraction of sp³-hybridized carbons (Fsp3) is 0.800. The molecule has 10 N–H and O–H groups in total. The first-order chi connectivity index (χ1) is 18.6. The number of hydrogen-bond acceptors (Lipinski definition) is 9. The maximum atomic E-state index is 11.9. The summed E-state index contributed by atoms with van der Waals surface area (Å²) in [5, 5.41) is 39.1. The van der Waals surface area contributed by atoms with E-state index in [0.717, 1.165) is 38.5 Å². The van der Waals surface area contributed by atoms with Crippen molar-refractivity contribution in [3.05, 3.63) is 0 Å². The van der Waals surface area contributed by atoms with E-state index in [1.165, 1.54) is 0 Å². The summed E-state index contributed by atoms with van der Waals surface area (Å²) in [4.78, 5) is 58.2. The molecule has 0 bridgehead atoms. The second-order valence-electron chi connectivity index (χ2n) is 9.26. The molecule has 0 aliphatic carbocycles. The molecule has 0 aliphatic rings. The van der Waals surface area contributed by atoms with Crippen LogP contribution in [0.2, 0.25) is 0 Å². The molecule has 5 amide bonds. The van der Waals surface area contributed by atoms with Gasteiger partial charge in [-0.15, -0.1) is 0 Å². The highest BCUT2D eigenvalue weighted by Crippen LogP contribution is 1.98. The first-order valence-corrected chi connectivity index (χ1v) is 13.8. The van der Waals surface area contributed by atoms with Gasteiger partial charge >= 0.3 is 11.9 Å². The fourth-order valence-corrected chi connectivity index (χ4v) is 3.34. The van der Waals surface area contributed by atoms with Crippen molar-refractivity contribution in [3.8, 4) is 0 Å². The normalized spacial score (nSPS) is 11.0. The number of unbranched alkanes of at least 4 members (excludes halogenated alkanes) is 6. The van der Waals surface area contributed by atoms with Gasteiger partial charge in [-0.05, 0) is 57.9 Å². The fourth-order valence-electron chi connectivity index (χ4n) is 3.34. The molecule has 0 aliphatic heterocycles. The van der Waals surface area contributed by atoms with Crippen LogP contribution in [0, 0.1) is 0 Å². The second-order valence-corrected chi connectivity index (χ2v) is 9.26. The van der Waals surface area contributed by atoms with E-state index in [2.05, 4.69) is 26.6 Å². The summed E-state index contributed by atoms with van der Waals surface area (Å²) in [5.74, 6) is -5.41. The Kier molecular flexibility index (Phi) is 21.4. The van der Waals surface area contributed by atoms with Crippen molar-refractivity contribution in [2.24, 2.45) is 5.73 Å². The monoisotopic (exact) mass is 560 g/mol. The Morgan fingerprint density at radius 2 is 0.744 bits per heavy atom. The zero-order valence-corrected chi connectivity index (χ0v) is 22.9. The van der Waals surface area contributed by atoms with Crippen LogP contribution in [0.25, 0.3) is 0 Å². The zero-order valence-electron chi connectivity index (χ0n) is 22.9. The van der Waals surface area contributed by atoms with Gasteiger partial charge in [0.1, 0.15) is 0 Å². The van der Waals surface area contributed by atoms with Crippen LogP contribution in [0.4, 0.5) is 0 Å². The van der Waals surface area contributed by atoms with E-state index < -0.39 is 11.9 Å². The Bertz CT molecular complexity index is 730. The molecule has 14 heteroatoms. The van der Waals surface area contributed by atoms with Crippen LogP contribution in [0.3, 0.4) is 0 Å². The average molecular weight is 561 g/mol. The third-order valence-corrected chi connectivity index (χ3v) is 5.63. The average Bonchev–Trinajstić information content (AvgIpc) is 2.88. The molecule has 0 unspecified atom stereocenters. The lowest BCUT2D eigenvalue weighted by Crippen LogP contribution is -2.46. The van der Waals surface area contributed by atoms with Crippen LogP contribution in [0.15, 0.2) is 0 Å². The largest absolute Gasteiger partial charge is 0.360 e. The van der Waals surface area contributed by atoms with Gasteiger partial charge in [0.05, 0.1) is 0 Å². The third kappa shape index (κ3) is 24.0. The van der Waals surface area contributed by atoms with Crippen molar-refractivity contribution in [2.75, 3.05) is 39.3 Å². The highest BCUT2D eigenvalue weighted by molar-refractivity contribution is 5.84. The molecule has 0 fully saturated rings. The van der Waals surface area contributed by atoms with E-state index in [4.69, 9.17) is 21.1 Å². The maximum absolute atomic E-state index is 11.9. The van der Waals surface area contributed by atoms with E-state index >= 15 is 0 Å². The van der Waals surface area contributed by atoms with Crippen LogP contribution < -0.4 is 32.3 Å². The Balaban J connectivity index is 3.55. The van der Waals surface area contributed by atoms with Crippen molar-refractivity contribution >= 4 is 29.5 Å². The Morgan fingerprint density at radius 1 is 0.462 bits per heavy atom. The van der Waals surface area contributed by atoms with Gasteiger partial charge in [-0.3, -0.25) is 24.0 Å². The van der Waals surface area contributed by atoms with Crippen LogP contribution in [0.1, 0.15) is 83.5 Å². The minimum absolute atomic E-state index is 0.0752. The summed E-state index contributed by atoms with van der Waals surface area (Å²) >= 11 is 0. The summed E-state index contributed by atoms with van der Waals surface area (Å²) in [6.07, 6.45) is 7.42. The van der Waals surface area contributed by atoms with Gasteiger partial charge in [-0.1, -0.05) is 6.42 Å². The highest BCUT2D eigenvalue weighted by Gasteiger charge is 2.29. The second kappa shape index (κ2) is 23.1. The van der Waals surface area contributed by atoms with Crippen LogP contribution in [-0.4, -0.2) is 90.1 Å². The van der Waals surface area contributed by atoms with Gasteiger partial charge in [0.25, 0.3) is 0 Å². The summed E-state index contributed by atoms with van der Waals surface area (Å²) in [5.41, 5.74) is 5.41. The first-order valence-electron chi connectivity index (χ1n) is 13.8. The predicted octanol–water partition coefficient (Wildman–Crippen LogP) is -1.77. The summed E-state index contributed by atoms with van der Waals surface area (Å²) < 4.78 is 0. The molecule has 226 valence electrons. The van der Waals surface area contributed by atoms with Crippen LogP contribution in [-0.2, 0) is 24.0 Å². The van der Waals surface area contributed by atoms with Gasteiger partial charge in [0, 0.05) is 58.4 Å². The van der Waals surface area contributed by atoms with E-state index in [-0.39, 0.29) is 55.9 Å². The summed E-state index contributed by atoms with van der Waals surface area (Å²) in [6, 6.07) is 0. The van der Waals surface area contributed by atoms with E-state index in [0.29, 0.717) is 52.0 Å². The third-order valence-electron chi connectivity index (χ3n) is 5.63. The molecule has 0 saturated heterocycles. The molecule has 0 radical (unpaired) electrons. The van der Waals surface area contributed by atoms with Crippen molar-refractivity contribution in [3.63, 3.8) is 0 Å². The van der Waals surface area contributed by atoms with Gasteiger partial charge in [-0.25, -0.2) is 0 Å². The predicted molar refractivity (Wildman–Crippen MR) is 144 cm³/mol. The molecule has 0 aromatic rings. The maximum Gasteiger partial charge on any atom is 0.360 e. The van der Waals surface area contributed by atoms with Crippen molar-refractivity contribution in [1.82, 2.24) is 26.6 Å². The minimum Gasteiger partial charge on any atom is -0.356 e. The molecule has 0 saturated carbocycles. The zero-order chi connectivity index (χ0) is 29.4. The summed E-state index contributed by atoms with van der Waals surface area (Å²) in [6.45, 7) is 2.82. The van der Waals surface area contributed by atoms with E-state index in [1.807, 2.05) is 0 Å². The Morgan fingerprint density at radius 3 is 1.03 bits per heavy atom. The number of aliphatic hydroxyl groups is 3. The molecule has 0 aromatic heterocycles. The SMILES string of the molecule is NCCCCCNC(=O)CCC(=O)NCCCCCNC(=O)CCC(=O)NCCCCCNC(=O)C(O)(O)O. The van der Waals surface area contributed by atoms with Gasteiger partial charge in [0.15, 0.2) is 0 Å². The number of carbonyl (C=O) groups is 5. The van der Waals surface area contributed by atoms with E-state index in [1.54, 1.807) is 0 Å². The quantitative estimate of drug-likeness (QED) is 0.0479. The molecule has 0 atom stereocenters. The minimum atomic E-state index is -3.38. The van der Waals surface area contributed by atoms with E-state index in [9.17, 15) is 24.0 Å². The standard InChI is InChI=1S/C25H48N6O8/c26-14-4-1-5-15-27-20(32)10-11-21(33)28-16-6-2-7-17-29-22(34)12-13-23(35)30-18-8-3-9-19-31-24(36)25(37,38)39/h37-39H,1-19,26H2,(H,27,32)(H,28,33)(H,29,34)(H,30,35)(H,31,36). The van der Waals surface area contributed by atoms with Crippen molar-refractivity contribution < 1.29 is 39.3 Å². The highest BCUT2D eigenvalue weighted by atomic mass is 16.7. The molecular formula is C25H48N6O8. The van der Waals surface area contributed by atoms with Crippen LogP contribution >= 0.6 is 0 Å². The van der Waals surface area contributed by atoms with Gasteiger partial charge in [-0.2, -0.15) is 0 Å². The lowest BCUT2D eigenvalue weighted by Gasteiger charge is -2.13. The first kappa shape index (κ1) is 36.2. The molecular weight excluding hydrogens is 512 g/mol. The van der Waals surface area contributed by atoms with Crippen molar-refractivity contribution in [1.29, 1.82) is 0 Å². The number of carbonyl (C=O) groups excluding carboxylic acids is 5. The Labute approximate surface area is 230 Å². The number of nitrogens with one attached hydrogen (secondary N) is 5. The molecule has 0 heterocycles. The lowest BCUT2D eigenvalue weighted by molar-refractivity contribution is -0.288. The molecule has 0 rings (SSSR count). The molecule has 0 spiro atoms. The number of amides is 5. The van der Waals surface area contributed by atoms with Crippen LogP contribution in [0.5, 0.6) is 0 Å². The number of rotatable bonds is 24. The molecule has 0 aromatic carbocycles. The topological polar surface area (TPSA) is 232 Å². The Hall–Kier alpha value is -2.81. The summed E-state index contributed by atoms with van der Waals surface area (Å²) in [7, 11) is 0. The number of nitrogens with two attached hydrogens (primary N) is 1.